The number of unbranched alkanes of at least 4 members (excludes halogenated alkanes) is 10. The monoisotopic (exact) mass is 1360 g/mol. The summed E-state index contributed by atoms with van der Waals surface area (Å²) in [6.07, 6.45) is 14.0. The number of rotatable bonds is 20. The summed E-state index contributed by atoms with van der Waals surface area (Å²) in [6.45, 7) is 5.82. The summed E-state index contributed by atoms with van der Waals surface area (Å²) in [5, 5.41) is 0. The minimum atomic E-state index is -0.247. The molecule has 23 rings (SSSR count). The fourth-order valence-corrected chi connectivity index (χ4v) is 20.7. The van der Waals surface area contributed by atoms with Gasteiger partial charge in [-0.2, -0.15) is 0 Å². The average molecular weight is 1360 g/mol. The minimum Gasteiger partial charge on any atom is -0.496 e. The molecule has 11 aromatic carbocycles. The summed E-state index contributed by atoms with van der Waals surface area (Å²) in [7, 11) is 7.25. The molecule has 12 aliphatic rings. The average Bonchev–Trinajstić information content (AvgIpc) is 0.670. The molecule has 0 saturated carbocycles. The van der Waals surface area contributed by atoms with E-state index in [1.165, 1.54) is 163 Å². The smallest absolute Gasteiger partial charge is 0.128 e. The van der Waals surface area contributed by atoms with Gasteiger partial charge < -0.3 is 28.4 Å². The van der Waals surface area contributed by atoms with Crippen LogP contribution in [-0.4, -0.2) is 41.7 Å². The largest absolute Gasteiger partial charge is 0.496 e. The molecule has 8 bridgehead atoms. The number of benzene rings is 11. The zero-order valence-corrected chi connectivity index (χ0v) is 60.4. The van der Waals surface area contributed by atoms with Gasteiger partial charge in [0.05, 0.1) is 41.7 Å². The van der Waals surface area contributed by atoms with Crippen LogP contribution in [-0.2, 0) is 0 Å². The van der Waals surface area contributed by atoms with Crippen LogP contribution in [0.3, 0.4) is 0 Å². The van der Waals surface area contributed by atoms with Gasteiger partial charge in [-0.25, -0.2) is 0 Å². The third-order valence-electron chi connectivity index (χ3n) is 24.7. The fourth-order valence-electron chi connectivity index (χ4n) is 20.7. The molecular weight excluding hydrogens is 1270 g/mol. The Hall–Kier alpha value is -10.7. The van der Waals surface area contributed by atoms with Crippen molar-refractivity contribution in [1.29, 1.82) is 0 Å². The first-order valence-electron chi connectivity index (χ1n) is 38.4. The summed E-state index contributed by atoms with van der Waals surface area (Å²) >= 11 is 0. The molecule has 514 valence electrons. The van der Waals surface area contributed by atoms with Crippen LogP contribution in [0.15, 0.2) is 194 Å². The molecule has 0 heterocycles. The van der Waals surface area contributed by atoms with Crippen molar-refractivity contribution in [3.8, 4) is 58.2 Å². The van der Waals surface area contributed by atoms with Gasteiger partial charge in [-0.1, -0.05) is 259 Å². The Balaban J connectivity index is 0.864. The predicted molar refractivity (Wildman–Crippen MR) is 414 cm³/mol. The maximum atomic E-state index is 7.72. The van der Waals surface area contributed by atoms with Crippen molar-refractivity contribution in [3.05, 3.63) is 350 Å². The van der Waals surface area contributed by atoms with Crippen LogP contribution in [0.2, 0.25) is 0 Å². The second-order valence-corrected chi connectivity index (χ2v) is 29.8. The fraction of sp³-hybridized carbons (Fsp3) is 0.286. The lowest BCUT2D eigenvalue weighted by Crippen LogP contribution is -2.35. The molecule has 0 spiro atoms. The van der Waals surface area contributed by atoms with E-state index in [9.17, 15) is 0 Å². The molecule has 0 radical (unpaired) electrons. The van der Waals surface area contributed by atoms with Crippen molar-refractivity contribution >= 4 is 0 Å². The normalized spacial score (nSPS) is 19.1. The molecule has 0 saturated heterocycles. The molecule has 0 aliphatic heterocycles. The van der Waals surface area contributed by atoms with Crippen molar-refractivity contribution in [2.45, 2.75) is 138 Å². The van der Waals surface area contributed by atoms with Gasteiger partial charge >= 0.3 is 0 Å². The van der Waals surface area contributed by atoms with E-state index >= 15 is 0 Å². The van der Waals surface area contributed by atoms with Gasteiger partial charge in [-0.3, -0.25) is 0 Å². The van der Waals surface area contributed by atoms with Crippen LogP contribution < -0.4 is 28.4 Å². The molecular formula is C98H86O6. The van der Waals surface area contributed by atoms with E-state index in [0.717, 1.165) is 105 Å². The number of hydrogen-bond acceptors (Lipinski definition) is 6. The molecule has 0 amide bonds. The molecule has 12 aliphatic carbocycles. The van der Waals surface area contributed by atoms with Crippen LogP contribution in [0.4, 0.5) is 0 Å². The van der Waals surface area contributed by atoms with Gasteiger partial charge in [0.25, 0.3) is 0 Å². The molecule has 6 heteroatoms. The lowest BCUT2D eigenvalue weighted by molar-refractivity contribution is 0.294. The van der Waals surface area contributed by atoms with Crippen LogP contribution in [0.25, 0.3) is 0 Å². The number of methoxy groups -OCH3 is 4. The molecule has 0 fully saturated rings. The van der Waals surface area contributed by atoms with Gasteiger partial charge in [-0.15, -0.1) is 0 Å². The molecule has 0 aromatic heterocycles. The lowest BCUT2D eigenvalue weighted by atomic mass is 9.54. The van der Waals surface area contributed by atoms with E-state index in [1.807, 2.05) is 28.4 Å². The summed E-state index contributed by atoms with van der Waals surface area (Å²) in [6, 6.07) is 72.1. The highest BCUT2D eigenvalue weighted by Crippen LogP contribution is 2.70. The van der Waals surface area contributed by atoms with Gasteiger partial charge in [0.15, 0.2) is 0 Å². The quantitative estimate of drug-likeness (QED) is 0.0560. The van der Waals surface area contributed by atoms with Crippen molar-refractivity contribution in [2.24, 2.45) is 0 Å². The number of ether oxygens (including phenoxy) is 6. The Morgan fingerprint density at radius 1 is 0.231 bits per heavy atom. The van der Waals surface area contributed by atoms with Gasteiger partial charge in [-0.05, 0) is 138 Å². The Morgan fingerprint density at radius 2 is 0.452 bits per heavy atom. The van der Waals surface area contributed by atoms with Crippen LogP contribution >= 0.6 is 0 Å². The predicted octanol–water partition coefficient (Wildman–Crippen LogP) is 21.9. The third-order valence-corrected chi connectivity index (χ3v) is 24.7. The second kappa shape index (κ2) is 26.2. The van der Waals surface area contributed by atoms with Crippen LogP contribution in [0.1, 0.15) is 294 Å². The molecule has 11 aromatic rings. The Bertz CT molecular complexity index is 5040. The highest BCUT2D eigenvalue weighted by molar-refractivity contribution is 5.87. The highest BCUT2D eigenvalue weighted by atomic mass is 16.5. The van der Waals surface area contributed by atoms with E-state index in [2.05, 4.69) is 232 Å². The maximum Gasteiger partial charge on any atom is 0.128 e. The first-order chi connectivity index (χ1) is 51.5. The zero-order valence-electron chi connectivity index (χ0n) is 60.4. The van der Waals surface area contributed by atoms with Crippen molar-refractivity contribution < 1.29 is 28.4 Å². The SMILES string of the molecule is CCCCCCCCOc1c2c(c(C#Cc3ccccc3C#Cc3c4c(c(OCCCCCCCC)c5c3[C@@H]3c6ccccc6[C@H]5c5c(OC)ccc(OC)c53)C3c5ccccc5C4c4ccccc43)c3c1[C@H]1c4ccccc4[C@@H]3c3c(OC)ccc(OC)c31)C1c3ccccc3C2c2ccccc21. The van der Waals surface area contributed by atoms with Crippen molar-refractivity contribution in [2.75, 3.05) is 41.7 Å². The summed E-state index contributed by atoms with van der Waals surface area (Å²) in [5.74, 6) is 20.6. The maximum absolute atomic E-state index is 7.72. The highest BCUT2D eigenvalue weighted by Gasteiger charge is 2.55. The molecule has 4 atom stereocenters. The molecule has 0 N–H and O–H groups in total. The van der Waals surface area contributed by atoms with Gasteiger partial charge in [0.1, 0.15) is 34.5 Å². The van der Waals surface area contributed by atoms with E-state index in [0.29, 0.717) is 13.2 Å². The van der Waals surface area contributed by atoms with Crippen LogP contribution in [0, 0.1) is 23.7 Å². The topological polar surface area (TPSA) is 55.4 Å². The lowest BCUT2D eigenvalue weighted by Gasteiger charge is -2.49. The summed E-state index contributed by atoms with van der Waals surface area (Å²) < 4.78 is 41.5. The standard InChI is InChI=1S/C98H86O6/c1-7-9-11-13-15-31-55-103-97-93-79-63-39-23-19-35-59(63)77(60-36-20-24-40-64(60)79)85(93)71(87-81-67-43-27-29-45-69(67)83(95(87)97)91-75(101-5)53-51-73(99-3)89(81)91)49-47-57-33-17-18-34-58(57)48-50-72-86-78-61-37-21-25-41-65(61)80(66-42-26-22-38-62(66)78)94(86)98(104-56-32-16-14-12-10-8-2)96-84-70-46-30-28-44-68(70)82(88(72)96)90-74(100-4)52-54-76(102-6)92(84)90/h17-30,33-46,51-54,77-84H,7-16,31-32,55-56H2,1-6H3/t77?,78?,79?,80?,81-,82-,83-,84-/m0/s1. The summed E-state index contributed by atoms with van der Waals surface area (Å²) in [5.41, 5.74) is 34.0. The van der Waals surface area contributed by atoms with Crippen molar-refractivity contribution in [1.82, 2.24) is 0 Å². The molecule has 6 nitrogen and oxygen atoms in total. The van der Waals surface area contributed by atoms with Gasteiger partial charge in [0, 0.05) is 114 Å². The van der Waals surface area contributed by atoms with E-state index in [-0.39, 0.29) is 47.3 Å². The second-order valence-electron chi connectivity index (χ2n) is 29.8. The Kier molecular flexibility index (Phi) is 16.2. The van der Waals surface area contributed by atoms with E-state index < -0.39 is 0 Å². The summed E-state index contributed by atoms with van der Waals surface area (Å²) in [4.78, 5) is 0. The van der Waals surface area contributed by atoms with E-state index in [1.54, 1.807) is 0 Å². The number of hydrogen-bond donors (Lipinski definition) is 0. The van der Waals surface area contributed by atoms with Crippen molar-refractivity contribution in [3.63, 3.8) is 0 Å². The minimum absolute atomic E-state index is 0.0815. The zero-order chi connectivity index (χ0) is 69.8. The van der Waals surface area contributed by atoms with Gasteiger partial charge in [0.2, 0.25) is 0 Å². The van der Waals surface area contributed by atoms with E-state index in [4.69, 9.17) is 28.4 Å². The molecule has 0 unspecified atom stereocenters. The van der Waals surface area contributed by atoms with Crippen LogP contribution in [0.5, 0.6) is 34.5 Å². The third kappa shape index (κ3) is 9.49. The first kappa shape index (κ1) is 64.2. The first-order valence-corrected chi connectivity index (χ1v) is 38.4. The Morgan fingerprint density at radius 3 is 0.731 bits per heavy atom. The molecule has 104 heavy (non-hydrogen) atoms. The Labute approximate surface area is 612 Å².